The highest BCUT2D eigenvalue weighted by atomic mass is 16.7. The van der Waals surface area contributed by atoms with Crippen LogP contribution in [0.5, 0.6) is 0 Å². The Bertz CT molecular complexity index is 3080. The van der Waals surface area contributed by atoms with Gasteiger partial charge in [-0.25, -0.2) is 4.79 Å². The number of ether oxygens (including phenoxy) is 4. The average Bonchev–Trinajstić information content (AvgIpc) is 0.773. The molecule has 2 heterocycles. The first-order valence-corrected chi connectivity index (χ1v) is 33.7. The van der Waals surface area contributed by atoms with E-state index < -0.39 is 274 Å². The van der Waals surface area contributed by atoms with E-state index in [-0.39, 0.29) is 58.0 Å². The largest absolute Gasteiger partial charge is 0.480 e. The molecular formula is C61H103N17O28. The number of nitrogens with one attached hydrogen (secondary N) is 12. The molecule has 2 fully saturated rings. The van der Waals surface area contributed by atoms with Crippen LogP contribution in [0, 0.1) is 0 Å². The van der Waals surface area contributed by atoms with Gasteiger partial charge >= 0.3 is 11.9 Å². The van der Waals surface area contributed by atoms with E-state index in [0.717, 1.165) is 41.5 Å². The molecule has 45 heteroatoms. The Morgan fingerprint density at radius 1 is 0.443 bits per heavy atom. The number of carbonyl (C=O) groups excluding carboxylic acids is 15. The lowest BCUT2D eigenvalue weighted by Gasteiger charge is -2.48. The van der Waals surface area contributed by atoms with Crippen LogP contribution in [0.15, 0.2) is 0 Å². The van der Waals surface area contributed by atoms with E-state index in [2.05, 4.69) is 63.8 Å². The van der Waals surface area contributed by atoms with Crippen molar-refractivity contribution in [3.05, 3.63) is 0 Å². The number of carboxylic acid groups (broad SMARTS) is 2. The molecule has 0 aromatic carbocycles. The van der Waals surface area contributed by atoms with E-state index in [9.17, 15) is 117 Å². The summed E-state index contributed by atoms with van der Waals surface area (Å²) in [4.78, 5) is 216. The zero-order valence-electron chi connectivity index (χ0n) is 59.5. The van der Waals surface area contributed by atoms with Crippen LogP contribution in [0.3, 0.4) is 0 Å². The summed E-state index contributed by atoms with van der Waals surface area (Å²) >= 11 is 0. The first-order chi connectivity index (χ1) is 49.5. The number of unbranched alkanes of at least 4 members (excludes halogenated alkanes) is 2. The first-order valence-electron chi connectivity index (χ1n) is 33.7. The molecule has 0 spiro atoms. The summed E-state index contributed by atoms with van der Waals surface area (Å²) in [5.41, 5.74) is 27.1. The van der Waals surface area contributed by atoms with Crippen molar-refractivity contribution in [1.29, 1.82) is 0 Å². The third kappa shape index (κ3) is 32.1. The number of primary amides is 3. The summed E-state index contributed by atoms with van der Waals surface area (Å²) in [6.45, 7) is 6.05. The summed E-state index contributed by atoms with van der Waals surface area (Å²) in [5, 5.41) is 100. The lowest BCUT2D eigenvalue weighted by molar-refractivity contribution is -0.333. The normalized spacial score (nSPS) is 22.9. The first kappa shape index (κ1) is 92.6. The van der Waals surface area contributed by atoms with Crippen molar-refractivity contribution in [2.45, 2.75) is 253 Å². The van der Waals surface area contributed by atoms with Crippen molar-refractivity contribution >= 4 is 101 Å². The van der Waals surface area contributed by atoms with Gasteiger partial charge in [-0.1, -0.05) is 0 Å². The predicted octanol–water partition coefficient (Wildman–Crippen LogP) is -12.5. The highest BCUT2D eigenvalue weighted by Gasteiger charge is 2.53. The second-order valence-corrected chi connectivity index (χ2v) is 25.3. The van der Waals surface area contributed by atoms with Crippen LogP contribution in [0.1, 0.15) is 126 Å². The molecule has 2 rings (SSSR count). The number of rotatable bonds is 47. The molecule has 600 valence electrons. The number of aliphatic carboxylic acids is 2. The van der Waals surface area contributed by atoms with Gasteiger partial charge in [0.1, 0.15) is 103 Å². The van der Waals surface area contributed by atoms with Crippen molar-refractivity contribution in [3.63, 3.8) is 0 Å². The third-order valence-corrected chi connectivity index (χ3v) is 16.3. The Labute approximate surface area is 607 Å². The molecule has 15 amide bonds. The van der Waals surface area contributed by atoms with Crippen molar-refractivity contribution in [3.8, 4) is 0 Å². The van der Waals surface area contributed by atoms with Crippen LogP contribution in [0.4, 0.5) is 0 Å². The maximum Gasteiger partial charge on any atom is 0.326 e. The van der Waals surface area contributed by atoms with Crippen molar-refractivity contribution in [2.75, 3.05) is 26.3 Å². The van der Waals surface area contributed by atoms with Crippen molar-refractivity contribution in [2.24, 2.45) is 28.7 Å². The Morgan fingerprint density at radius 2 is 0.887 bits per heavy atom. The molecule has 0 saturated carbocycles. The van der Waals surface area contributed by atoms with Gasteiger partial charge in [0, 0.05) is 39.8 Å². The quantitative estimate of drug-likeness (QED) is 0.0252. The molecule has 0 aromatic rings. The van der Waals surface area contributed by atoms with Crippen LogP contribution in [0.2, 0.25) is 0 Å². The minimum Gasteiger partial charge on any atom is -0.480 e. The number of aliphatic hydroxyl groups is 5. The second-order valence-electron chi connectivity index (χ2n) is 25.3. The van der Waals surface area contributed by atoms with Gasteiger partial charge in [-0.2, -0.15) is 0 Å². The molecule has 0 aromatic heterocycles. The monoisotopic (exact) mass is 1520 g/mol. The fourth-order valence-electron chi connectivity index (χ4n) is 10.3. The molecule has 0 bridgehead atoms. The minimum absolute atomic E-state index is 0.0391. The highest BCUT2D eigenvalue weighted by molar-refractivity contribution is 5.96. The number of hydrogen-bond acceptors (Lipinski definition) is 28. The summed E-state index contributed by atoms with van der Waals surface area (Å²) in [5.74, 6) is -16.9. The van der Waals surface area contributed by atoms with Gasteiger partial charge in [-0.3, -0.25) is 76.7 Å². The fourth-order valence-corrected chi connectivity index (χ4v) is 10.3. The summed E-state index contributed by atoms with van der Waals surface area (Å²) in [7, 11) is 0. The molecule has 106 heavy (non-hydrogen) atoms. The van der Waals surface area contributed by atoms with E-state index >= 15 is 0 Å². The Morgan fingerprint density at radius 3 is 1.32 bits per heavy atom. The molecule has 21 atom stereocenters. The van der Waals surface area contributed by atoms with Crippen molar-refractivity contribution < 1.29 is 136 Å². The Balaban J connectivity index is 2.21. The predicted molar refractivity (Wildman–Crippen MR) is 359 cm³/mol. The summed E-state index contributed by atoms with van der Waals surface area (Å²) in [6, 6.07) is -17.7. The van der Waals surface area contributed by atoms with E-state index in [1.54, 1.807) is 0 Å². The minimum atomic E-state index is -1.96. The number of hydrogen-bond donors (Lipinski definition) is 24. The third-order valence-electron chi connectivity index (χ3n) is 16.3. The lowest BCUT2D eigenvalue weighted by atomic mass is 9.94. The summed E-state index contributed by atoms with van der Waals surface area (Å²) in [6.07, 6.45) is -18.7. The molecule has 0 aliphatic carbocycles. The van der Waals surface area contributed by atoms with Crippen LogP contribution >= 0.6 is 0 Å². The van der Waals surface area contributed by atoms with Gasteiger partial charge in [-0.15, -0.1) is 0 Å². The molecule has 0 radical (unpaired) electrons. The van der Waals surface area contributed by atoms with E-state index in [1.165, 1.54) is 6.92 Å². The zero-order valence-corrected chi connectivity index (χ0v) is 59.5. The van der Waals surface area contributed by atoms with Crippen LogP contribution in [-0.2, 0) is 100 Å². The smallest absolute Gasteiger partial charge is 0.326 e. The number of carboxylic acids is 2. The zero-order chi connectivity index (χ0) is 80.6. The second kappa shape index (κ2) is 45.8. The van der Waals surface area contributed by atoms with Gasteiger partial charge in [0.2, 0.25) is 88.6 Å². The molecule has 2 aliphatic rings. The summed E-state index contributed by atoms with van der Waals surface area (Å²) < 4.78 is 23.3. The van der Waals surface area contributed by atoms with E-state index in [0.29, 0.717) is 0 Å². The lowest BCUT2D eigenvalue weighted by Crippen LogP contribution is -2.70. The van der Waals surface area contributed by atoms with Gasteiger partial charge < -0.3 is 147 Å². The Hall–Kier alpha value is -9.45. The maximum atomic E-state index is 13.9. The van der Waals surface area contributed by atoms with Crippen LogP contribution < -0.4 is 92.5 Å². The standard InChI is InChI=1S/C61H103N17O28/c1-24(62)52(92)76-32(50(65)90)14-16-39(83)75-35(57(97)71-27(4)58(98)99)13-9-11-19-68-42(86)21-36(59(100)101)78-54(94)26(3)70-56(96)34(12-8-10-18-67-41(85)20-31(63)49(64)89)74-40(84)17-15-33(51(66)91)77-53(93)25(2)69-55(95)28(5)103-48-44(73-30(7)82)60(102)104-38(23-80)47(48)106-61-43(72-29(6)81)46(88)45(87)37(22-79)105-61/h24-28,31-38,43-48,60-61,79-80,87-88,102H,8-23,62-63H2,1-7H3,(H2,64,89)(H2,65,90)(H2,66,91)(H,67,85)(H,68,86)(H,69,95)(H,70,96)(H,71,97)(H,72,81)(H,73,82)(H,74,84)(H,75,83)(H,76,92)(H,77,93)(H,78,94)(H,98,99)(H,100,101). The van der Waals surface area contributed by atoms with Gasteiger partial charge in [0.15, 0.2) is 12.6 Å². The van der Waals surface area contributed by atoms with Gasteiger partial charge in [0.05, 0.1) is 38.1 Å². The van der Waals surface area contributed by atoms with Gasteiger partial charge in [0.25, 0.3) is 0 Å². The number of amides is 15. The SMILES string of the molecule is CC(=O)NC1C(OC2C(CO)OC(O)C(NC(C)=O)C2OC(C)C(=O)NC(C)C(=O)NC(CCC(=O)NC(CCCCNC(=O)CC(N)C(N)=O)C(=O)NC(C)C(=O)NC(CC(=O)NCCCCC(NC(=O)CCC(NC(=O)C(C)N)C(N)=O)C(=O)NC(C)C(=O)O)C(=O)O)C(N)=O)OC(CO)C(O)C1O. The number of aliphatic hydroxyl groups excluding tert-OH is 5. The topological polar surface area (TPSA) is 743 Å². The van der Waals surface area contributed by atoms with Gasteiger partial charge in [-0.05, 0) is 86.0 Å². The van der Waals surface area contributed by atoms with Crippen molar-refractivity contribution in [1.82, 2.24) is 63.8 Å². The molecule has 21 unspecified atom stereocenters. The fraction of sp³-hybridized carbons (Fsp3) is 0.721. The number of nitrogens with two attached hydrogens (primary N) is 5. The average molecular weight is 1520 g/mol. The molecule has 29 N–H and O–H groups in total. The molecule has 45 nitrogen and oxygen atoms in total. The molecule has 2 saturated heterocycles. The highest BCUT2D eigenvalue weighted by Crippen LogP contribution is 2.31. The maximum absolute atomic E-state index is 13.9. The van der Waals surface area contributed by atoms with E-state index in [1.807, 2.05) is 0 Å². The van der Waals surface area contributed by atoms with Crippen LogP contribution in [-0.4, -0.2) is 290 Å². The number of carbonyl (C=O) groups is 17. The molecular weight excluding hydrogens is 1420 g/mol. The molecule has 2 aliphatic heterocycles. The van der Waals surface area contributed by atoms with E-state index in [4.69, 9.17) is 47.6 Å². The van der Waals surface area contributed by atoms with Crippen LogP contribution in [0.25, 0.3) is 0 Å². The Kier molecular flexibility index (Phi) is 40.0.